The van der Waals surface area contributed by atoms with Crippen LogP contribution in [0.5, 0.6) is 0 Å². The smallest absolute Gasteiger partial charge is 0.320 e. The summed E-state index contributed by atoms with van der Waals surface area (Å²) in [6.07, 6.45) is 2.89. The molecular weight excluding hydrogens is 218 g/mol. The molecule has 1 heterocycles. The summed E-state index contributed by atoms with van der Waals surface area (Å²) >= 11 is 0. The van der Waals surface area contributed by atoms with E-state index in [1.807, 2.05) is 27.7 Å². The van der Waals surface area contributed by atoms with Crippen molar-refractivity contribution in [3.05, 3.63) is 0 Å². The van der Waals surface area contributed by atoms with Gasteiger partial charge in [-0.1, -0.05) is 13.8 Å². The predicted octanol–water partition coefficient (Wildman–Crippen LogP) is 2.03. The highest BCUT2D eigenvalue weighted by Crippen LogP contribution is 2.20. The minimum Gasteiger partial charge on any atom is -0.480 e. The number of carboxylic acid groups (broad SMARTS) is 1. The third kappa shape index (κ3) is 5.04. The summed E-state index contributed by atoms with van der Waals surface area (Å²) in [7, 11) is 0. The molecule has 0 saturated carbocycles. The largest absolute Gasteiger partial charge is 0.480 e. The van der Waals surface area contributed by atoms with Crippen molar-refractivity contribution in [1.82, 2.24) is 5.32 Å². The van der Waals surface area contributed by atoms with E-state index in [0.717, 1.165) is 12.8 Å². The van der Waals surface area contributed by atoms with Crippen LogP contribution in [0.15, 0.2) is 0 Å². The van der Waals surface area contributed by atoms with Crippen molar-refractivity contribution < 1.29 is 14.6 Å². The first kappa shape index (κ1) is 14.5. The molecule has 3 unspecified atom stereocenters. The fraction of sp³-hybridized carbons (Fsp3) is 0.923. The lowest BCUT2D eigenvalue weighted by atomic mass is 9.97. The van der Waals surface area contributed by atoms with E-state index >= 15 is 0 Å². The summed E-state index contributed by atoms with van der Waals surface area (Å²) in [4.78, 5) is 11.2. The van der Waals surface area contributed by atoms with Crippen molar-refractivity contribution in [2.75, 3.05) is 0 Å². The average Bonchev–Trinajstić information content (AvgIpc) is 2.13. The van der Waals surface area contributed by atoms with Gasteiger partial charge in [0.2, 0.25) is 0 Å². The number of nitrogens with one attached hydrogen (secondary N) is 1. The molecule has 0 bridgehead atoms. The minimum absolute atomic E-state index is 0.213. The standard InChI is InChI=1S/C13H25NO3/c1-8(2)5-12(13(15)16)14-11-6-9(3)17-10(4)7-11/h8-12,14H,5-7H2,1-4H3,(H,15,16). The van der Waals surface area contributed by atoms with Crippen LogP contribution in [0.3, 0.4) is 0 Å². The minimum atomic E-state index is -0.745. The first-order chi connectivity index (χ1) is 7.88. The van der Waals surface area contributed by atoms with Crippen LogP contribution in [-0.2, 0) is 9.53 Å². The quantitative estimate of drug-likeness (QED) is 0.775. The first-order valence-corrected chi connectivity index (χ1v) is 6.52. The van der Waals surface area contributed by atoms with Gasteiger partial charge >= 0.3 is 5.97 Å². The molecule has 2 N–H and O–H groups in total. The van der Waals surface area contributed by atoms with Crippen molar-refractivity contribution >= 4 is 5.97 Å². The fourth-order valence-electron chi connectivity index (χ4n) is 2.54. The molecule has 1 saturated heterocycles. The summed E-state index contributed by atoms with van der Waals surface area (Å²) in [6.45, 7) is 8.19. The van der Waals surface area contributed by atoms with E-state index in [-0.39, 0.29) is 18.2 Å². The van der Waals surface area contributed by atoms with Crippen molar-refractivity contribution in [3.8, 4) is 0 Å². The Balaban J connectivity index is 2.51. The van der Waals surface area contributed by atoms with Gasteiger partial charge in [0, 0.05) is 6.04 Å². The number of aliphatic carboxylic acids is 1. The van der Waals surface area contributed by atoms with Gasteiger partial charge in [0.1, 0.15) is 6.04 Å². The molecule has 0 aromatic carbocycles. The topological polar surface area (TPSA) is 58.6 Å². The SMILES string of the molecule is CC(C)CC(NC1CC(C)OC(C)C1)C(=O)O. The summed E-state index contributed by atoms with van der Waals surface area (Å²) < 4.78 is 5.65. The van der Waals surface area contributed by atoms with E-state index in [1.165, 1.54) is 0 Å². The molecule has 17 heavy (non-hydrogen) atoms. The van der Waals surface area contributed by atoms with Gasteiger partial charge in [-0.3, -0.25) is 4.79 Å². The first-order valence-electron chi connectivity index (χ1n) is 6.52. The van der Waals surface area contributed by atoms with E-state index in [9.17, 15) is 9.90 Å². The summed E-state index contributed by atoms with van der Waals surface area (Å²) in [6, 6.07) is -0.175. The molecule has 0 aliphatic carbocycles. The molecule has 0 aromatic heterocycles. The molecule has 4 nitrogen and oxygen atoms in total. The Hall–Kier alpha value is -0.610. The van der Waals surface area contributed by atoms with Crippen LogP contribution < -0.4 is 5.32 Å². The van der Waals surface area contributed by atoms with Crippen molar-refractivity contribution in [2.24, 2.45) is 5.92 Å². The van der Waals surface area contributed by atoms with Crippen LogP contribution in [0.25, 0.3) is 0 Å². The Morgan fingerprint density at radius 3 is 2.29 bits per heavy atom. The molecule has 1 aliphatic rings. The molecule has 4 heteroatoms. The lowest BCUT2D eigenvalue weighted by Gasteiger charge is -2.34. The van der Waals surface area contributed by atoms with Crippen LogP contribution in [0, 0.1) is 5.92 Å². The maximum Gasteiger partial charge on any atom is 0.320 e. The Labute approximate surface area is 104 Å². The molecule has 1 aliphatic heterocycles. The highest BCUT2D eigenvalue weighted by molar-refractivity contribution is 5.73. The molecule has 3 atom stereocenters. The second-order valence-corrected chi connectivity index (χ2v) is 5.61. The summed E-state index contributed by atoms with van der Waals surface area (Å²) in [5, 5.41) is 12.5. The van der Waals surface area contributed by atoms with Gasteiger partial charge in [-0.25, -0.2) is 0 Å². The number of hydrogen-bond acceptors (Lipinski definition) is 3. The molecule has 1 rings (SSSR count). The van der Waals surface area contributed by atoms with Gasteiger partial charge in [0.15, 0.2) is 0 Å². The van der Waals surface area contributed by atoms with Gasteiger partial charge in [-0.05, 0) is 39.0 Å². The van der Waals surface area contributed by atoms with Crippen LogP contribution >= 0.6 is 0 Å². The van der Waals surface area contributed by atoms with Crippen LogP contribution in [0.4, 0.5) is 0 Å². The third-order valence-corrected chi connectivity index (χ3v) is 3.14. The molecular formula is C13H25NO3. The number of carbonyl (C=O) groups is 1. The maximum absolute atomic E-state index is 11.2. The summed E-state index contributed by atoms with van der Waals surface area (Å²) in [5.74, 6) is -0.358. The van der Waals surface area contributed by atoms with Gasteiger partial charge in [-0.15, -0.1) is 0 Å². The van der Waals surface area contributed by atoms with Crippen molar-refractivity contribution in [1.29, 1.82) is 0 Å². The molecule has 1 fully saturated rings. The van der Waals surface area contributed by atoms with E-state index in [4.69, 9.17) is 4.74 Å². The Morgan fingerprint density at radius 1 is 1.35 bits per heavy atom. The number of rotatable bonds is 5. The fourth-order valence-corrected chi connectivity index (χ4v) is 2.54. The number of hydrogen-bond donors (Lipinski definition) is 2. The van der Waals surface area contributed by atoms with E-state index in [2.05, 4.69) is 5.32 Å². The second kappa shape index (κ2) is 6.36. The van der Waals surface area contributed by atoms with Gasteiger partial charge in [0.25, 0.3) is 0 Å². The highest BCUT2D eigenvalue weighted by Gasteiger charge is 2.28. The van der Waals surface area contributed by atoms with E-state index in [1.54, 1.807) is 0 Å². The molecule has 0 aromatic rings. The van der Waals surface area contributed by atoms with Crippen LogP contribution in [0.2, 0.25) is 0 Å². The molecule has 0 amide bonds. The molecule has 100 valence electrons. The zero-order chi connectivity index (χ0) is 13.0. The van der Waals surface area contributed by atoms with Crippen molar-refractivity contribution in [2.45, 2.75) is 71.2 Å². The zero-order valence-electron chi connectivity index (χ0n) is 11.3. The van der Waals surface area contributed by atoms with Gasteiger partial charge < -0.3 is 15.2 Å². The predicted molar refractivity (Wildman–Crippen MR) is 67.0 cm³/mol. The molecule has 0 spiro atoms. The number of carboxylic acids is 1. The maximum atomic E-state index is 11.2. The normalized spacial score (nSPS) is 31.5. The van der Waals surface area contributed by atoms with Crippen LogP contribution in [-0.4, -0.2) is 35.4 Å². The third-order valence-electron chi connectivity index (χ3n) is 3.14. The average molecular weight is 243 g/mol. The monoisotopic (exact) mass is 243 g/mol. The molecule has 0 radical (unpaired) electrons. The zero-order valence-corrected chi connectivity index (χ0v) is 11.3. The van der Waals surface area contributed by atoms with E-state index in [0.29, 0.717) is 12.3 Å². The van der Waals surface area contributed by atoms with Gasteiger partial charge in [0.05, 0.1) is 12.2 Å². The Kier molecular flexibility index (Phi) is 5.40. The highest BCUT2D eigenvalue weighted by atomic mass is 16.5. The second-order valence-electron chi connectivity index (χ2n) is 5.61. The van der Waals surface area contributed by atoms with E-state index < -0.39 is 12.0 Å². The number of ether oxygens (including phenoxy) is 1. The Morgan fingerprint density at radius 2 is 1.88 bits per heavy atom. The van der Waals surface area contributed by atoms with Gasteiger partial charge in [-0.2, -0.15) is 0 Å². The summed E-state index contributed by atoms with van der Waals surface area (Å²) in [5.41, 5.74) is 0. The van der Waals surface area contributed by atoms with Crippen LogP contribution in [0.1, 0.15) is 47.0 Å². The Bertz CT molecular complexity index is 245. The lowest BCUT2D eigenvalue weighted by molar-refractivity contribution is -0.140. The van der Waals surface area contributed by atoms with Crippen molar-refractivity contribution in [3.63, 3.8) is 0 Å². The lowest BCUT2D eigenvalue weighted by Crippen LogP contribution is -2.49.